The number of allylic oxidation sites excluding steroid dienone is 1. The molecule has 0 atom stereocenters. The summed E-state index contributed by atoms with van der Waals surface area (Å²) in [4.78, 5) is 12.2. The molecule has 0 saturated carbocycles. The fraction of sp³-hybridized carbons (Fsp3) is 0. The number of hydrogen-bond acceptors (Lipinski definition) is 2. The maximum absolute atomic E-state index is 12.2. The molecular weight excluding hydrogens is 293 g/mol. The fourth-order valence-electron chi connectivity index (χ4n) is 1.67. The number of nitrogens with zero attached hydrogens (tertiary/aromatic N) is 1. The van der Waals surface area contributed by atoms with E-state index in [9.17, 15) is 4.79 Å². The van der Waals surface area contributed by atoms with Crippen LogP contribution in [0.2, 0.25) is 10.0 Å². The van der Waals surface area contributed by atoms with Gasteiger partial charge in [0.2, 0.25) is 5.78 Å². The second-order valence-corrected chi connectivity index (χ2v) is 4.87. The van der Waals surface area contributed by atoms with Crippen molar-refractivity contribution in [3.63, 3.8) is 0 Å². The van der Waals surface area contributed by atoms with Crippen molar-refractivity contribution in [2.75, 3.05) is 0 Å². The number of Topliss-reactive ketones (excluding diaryl/α,β-unsaturated/α-hetero) is 1. The Hall–Kier alpha value is -2.08. The number of nitriles is 1. The molecule has 2 nitrogen and oxygen atoms in total. The van der Waals surface area contributed by atoms with Gasteiger partial charge in [-0.25, -0.2) is 0 Å². The summed E-state index contributed by atoms with van der Waals surface area (Å²) >= 11 is 11.8. The molecule has 4 heteroatoms. The van der Waals surface area contributed by atoms with Gasteiger partial charge >= 0.3 is 0 Å². The van der Waals surface area contributed by atoms with E-state index in [4.69, 9.17) is 28.5 Å². The first kappa shape index (κ1) is 14.3. The number of carbonyl (C=O) groups excluding carboxylic acids is 1. The van der Waals surface area contributed by atoms with Crippen molar-refractivity contribution in [1.82, 2.24) is 0 Å². The molecule has 0 N–H and O–H groups in total. The molecule has 0 aliphatic rings. The van der Waals surface area contributed by atoms with Crippen molar-refractivity contribution < 1.29 is 4.79 Å². The first-order valence-electron chi connectivity index (χ1n) is 5.78. The minimum absolute atomic E-state index is 0.0282. The number of carbonyl (C=O) groups is 1. The minimum atomic E-state index is -0.334. The van der Waals surface area contributed by atoms with Crippen LogP contribution >= 0.6 is 23.2 Å². The topological polar surface area (TPSA) is 40.9 Å². The van der Waals surface area contributed by atoms with Crippen LogP contribution in [0.3, 0.4) is 0 Å². The summed E-state index contributed by atoms with van der Waals surface area (Å²) in [5.41, 5.74) is 1.07. The Morgan fingerprint density at radius 3 is 2.40 bits per heavy atom. The van der Waals surface area contributed by atoms with Crippen molar-refractivity contribution in [2.45, 2.75) is 0 Å². The third-order valence-corrected chi connectivity index (χ3v) is 3.23. The molecule has 0 amide bonds. The lowest BCUT2D eigenvalue weighted by molar-refractivity contribution is 0.104. The zero-order valence-corrected chi connectivity index (χ0v) is 11.8. The van der Waals surface area contributed by atoms with E-state index in [-0.39, 0.29) is 11.4 Å². The molecule has 0 spiro atoms. The van der Waals surface area contributed by atoms with Crippen molar-refractivity contribution >= 4 is 35.1 Å². The summed E-state index contributed by atoms with van der Waals surface area (Å²) in [6.45, 7) is 0. The molecular formula is C16H9Cl2NO. The van der Waals surface area contributed by atoms with E-state index in [1.165, 1.54) is 6.08 Å². The van der Waals surface area contributed by atoms with Crippen molar-refractivity contribution in [3.05, 3.63) is 75.3 Å². The predicted molar refractivity (Wildman–Crippen MR) is 80.8 cm³/mol. The lowest BCUT2D eigenvalue weighted by atomic mass is 10.0. The number of hydrogen-bond donors (Lipinski definition) is 0. The zero-order valence-electron chi connectivity index (χ0n) is 10.3. The van der Waals surface area contributed by atoms with Crippen molar-refractivity contribution in [3.8, 4) is 6.07 Å². The molecule has 0 aliphatic carbocycles. The molecule has 2 rings (SSSR count). The van der Waals surface area contributed by atoms with Crippen LogP contribution in [0.1, 0.15) is 15.9 Å². The van der Waals surface area contributed by atoms with Crippen LogP contribution in [0.15, 0.2) is 54.1 Å². The highest BCUT2D eigenvalue weighted by atomic mass is 35.5. The highest BCUT2D eigenvalue weighted by Crippen LogP contribution is 2.23. The maximum Gasteiger partial charge on any atom is 0.203 e. The monoisotopic (exact) mass is 301 g/mol. The minimum Gasteiger partial charge on any atom is -0.288 e. The largest absolute Gasteiger partial charge is 0.288 e. The zero-order chi connectivity index (χ0) is 14.5. The van der Waals surface area contributed by atoms with E-state index in [1.807, 2.05) is 12.1 Å². The smallest absolute Gasteiger partial charge is 0.203 e. The Bertz CT molecular complexity index is 715. The molecule has 20 heavy (non-hydrogen) atoms. The highest BCUT2D eigenvalue weighted by Gasteiger charge is 2.12. The average Bonchev–Trinajstić information content (AvgIpc) is 2.47. The Morgan fingerprint density at radius 1 is 1.10 bits per heavy atom. The molecule has 2 aromatic rings. The summed E-state index contributed by atoms with van der Waals surface area (Å²) in [6, 6.07) is 15.4. The van der Waals surface area contributed by atoms with Gasteiger partial charge in [0, 0.05) is 15.6 Å². The molecule has 0 aromatic heterocycles. The van der Waals surface area contributed by atoms with E-state index < -0.39 is 0 Å². The highest BCUT2D eigenvalue weighted by molar-refractivity contribution is 6.35. The number of ketones is 1. The third-order valence-electron chi connectivity index (χ3n) is 2.66. The first-order chi connectivity index (χ1) is 9.61. The molecule has 0 unspecified atom stereocenters. The Balaban J connectivity index is 2.40. The van der Waals surface area contributed by atoms with Crippen LogP contribution in [-0.4, -0.2) is 5.78 Å². The number of halogens is 2. The Morgan fingerprint density at radius 2 is 1.80 bits per heavy atom. The molecule has 98 valence electrons. The molecule has 2 aromatic carbocycles. The standard InChI is InChI=1S/C16H9Cl2NO/c17-14-7-6-12(15(18)9-14)8-13(10-19)16(20)11-4-2-1-3-5-11/h1-9H/b13-8+. The van der Waals surface area contributed by atoms with Gasteiger partial charge < -0.3 is 0 Å². The molecule has 0 bridgehead atoms. The molecule has 0 radical (unpaired) electrons. The number of rotatable bonds is 3. The van der Waals surface area contributed by atoms with Gasteiger partial charge in [0.25, 0.3) is 0 Å². The van der Waals surface area contributed by atoms with E-state index in [1.54, 1.807) is 42.5 Å². The van der Waals surface area contributed by atoms with E-state index in [0.717, 1.165) is 0 Å². The Labute approximate surface area is 126 Å². The fourth-order valence-corrected chi connectivity index (χ4v) is 2.13. The molecule has 0 fully saturated rings. The summed E-state index contributed by atoms with van der Waals surface area (Å²) in [6.07, 6.45) is 1.47. The summed E-state index contributed by atoms with van der Waals surface area (Å²) in [5, 5.41) is 10.1. The Kier molecular flexibility index (Phi) is 4.57. The number of benzene rings is 2. The van der Waals surface area contributed by atoms with Gasteiger partial charge in [0.05, 0.1) is 0 Å². The van der Waals surface area contributed by atoms with Crippen molar-refractivity contribution in [2.24, 2.45) is 0 Å². The molecule has 0 aliphatic heterocycles. The van der Waals surface area contributed by atoms with Gasteiger partial charge in [-0.2, -0.15) is 5.26 Å². The van der Waals surface area contributed by atoms with Gasteiger partial charge in [-0.3, -0.25) is 4.79 Å². The van der Waals surface area contributed by atoms with Crippen LogP contribution in [0.25, 0.3) is 6.08 Å². The van der Waals surface area contributed by atoms with Gasteiger partial charge in [0.1, 0.15) is 11.6 Å². The second-order valence-electron chi connectivity index (χ2n) is 4.03. The average molecular weight is 302 g/mol. The van der Waals surface area contributed by atoms with Crippen LogP contribution in [-0.2, 0) is 0 Å². The lowest BCUT2D eigenvalue weighted by Gasteiger charge is -2.02. The van der Waals surface area contributed by atoms with E-state index >= 15 is 0 Å². The normalized spacial score (nSPS) is 10.9. The van der Waals surface area contributed by atoms with E-state index in [0.29, 0.717) is 21.2 Å². The van der Waals surface area contributed by atoms with Gasteiger partial charge in [-0.15, -0.1) is 0 Å². The van der Waals surface area contributed by atoms with Gasteiger partial charge in [-0.05, 0) is 23.8 Å². The molecule has 0 saturated heterocycles. The summed E-state index contributed by atoms with van der Waals surface area (Å²) < 4.78 is 0. The maximum atomic E-state index is 12.2. The lowest BCUT2D eigenvalue weighted by Crippen LogP contribution is -2.01. The van der Waals surface area contributed by atoms with Crippen LogP contribution < -0.4 is 0 Å². The predicted octanol–water partition coefficient (Wildman–Crippen LogP) is 4.78. The van der Waals surface area contributed by atoms with E-state index in [2.05, 4.69) is 0 Å². The summed E-state index contributed by atoms with van der Waals surface area (Å²) in [5.74, 6) is -0.334. The quantitative estimate of drug-likeness (QED) is 0.465. The van der Waals surface area contributed by atoms with Crippen LogP contribution in [0.5, 0.6) is 0 Å². The van der Waals surface area contributed by atoms with Crippen molar-refractivity contribution in [1.29, 1.82) is 5.26 Å². The molecule has 0 heterocycles. The van der Waals surface area contributed by atoms with Crippen LogP contribution in [0, 0.1) is 11.3 Å². The van der Waals surface area contributed by atoms with Crippen LogP contribution in [0.4, 0.5) is 0 Å². The first-order valence-corrected chi connectivity index (χ1v) is 6.54. The third kappa shape index (κ3) is 3.27. The SMILES string of the molecule is N#C/C(=C\c1ccc(Cl)cc1Cl)C(=O)c1ccccc1. The van der Waals surface area contributed by atoms with Gasteiger partial charge in [-0.1, -0.05) is 59.6 Å². The van der Waals surface area contributed by atoms with Gasteiger partial charge in [0.15, 0.2) is 0 Å². The summed E-state index contributed by atoms with van der Waals surface area (Å²) in [7, 11) is 0. The second kappa shape index (κ2) is 6.38.